The number of anilines is 1. The van der Waals surface area contributed by atoms with Crippen molar-refractivity contribution in [2.24, 2.45) is 5.41 Å². The van der Waals surface area contributed by atoms with Gasteiger partial charge < -0.3 is 5.32 Å². The van der Waals surface area contributed by atoms with Crippen LogP contribution < -0.4 is 10.9 Å². The number of carbonyl (C=O) groups is 2. The Balaban J connectivity index is 1.88. The van der Waals surface area contributed by atoms with Gasteiger partial charge >= 0.3 is 0 Å². The minimum Gasteiger partial charge on any atom is -0.306 e. The fourth-order valence-electron chi connectivity index (χ4n) is 3.76. The maximum absolute atomic E-state index is 13.4. The molecular formula is C23H20BrN3O3. The van der Waals surface area contributed by atoms with Crippen molar-refractivity contribution >= 4 is 33.4 Å². The molecule has 1 amide bonds. The van der Waals surface area contributed by atoms with Gasteiger partial charge in [0, 0.05) is 34.0 Å². The van der Waals surface area contributed by atoms with Gasteiger partial charge in [0.05, 0.1) is 0 Å². The Morgan fingerprint density at radius 3 is 2.50 bits per heavy atom. The van der Waals surface area contributed by atoms with E-state index < -0.39 is 11.5 Å². The molecule has 2 heterocycles. The van der Waals surface area contributed by atoms with Crippen molar-refractivity contribution in [2.45, 2.75) is 26.7 Å². The second-order valence-electron chi connectivity index (χ2n) is 8.15. The first-order chi connectivity index (χ1) is 14.2. The van der Waals surface area contributed by atoms with E-state index in [9.17, 15) is 14.4 Å². The number of hydrogen-bond acceptors (Lipinski definition) is 4. The van der Waals surface area contributed by atoms with Gasteiger partial charge in [0.25, 0.3) is 11.5 Å². The highest BCUT2D eigenvalue weighted by Gasteiger charge is 2.35. The third-order valence-electron chi connectivity index (χ3n) is 5.12. The van der Waals surface area contributed by atoms with E-state index in [0.29, 0.717) is 35.6 Å². The summed E-state index contributed by atoms with van der Waals surface area (Å²) in [6.45, 7) is 4.01. The summed E-state index contributed by atoms with van der Waals surface area (Å²) in [4.78, 5) is 43.4. The van der Waals surface area contributed by atoms with Crippen LogP contribution >= 0.6 is 15.9 Å². The molecule has 0 aliphatic heterocycles. The fraction of sp³-hybridized carbons (Fsp3) is 0.217. The molecule has 0 fully saturated rings. The first kappa shape index (κ1) is 20.2. The van der Waals surface area contributed by atoms with Gasteiger partial charge in [0.2, 0.25) is 0 Å². The zero-order valence-electron chi connectivity index (χ0n) is 16.6. The van der Waals surface area contributed by atoms with Gasteiger partial charge in [-0.1, -0.05) is 32.0 Å². The van der Waals surface area contributed by atoms with E-state index in [1.165, 1.54) is 10.6 Å². The number of rotatable bonds is 3. The third-order valence-corrected chi connectivity index (χ3v) is 5.59. The summed E-state index contributed by atoms with van der Waals surface area (Å²) < 4.78 is 2.27. The van der Waals surface area contributed by atoms with Gasteiger partial charge in [-0.05, 0) is 58.1 Å². The maximum atomic E-state index is 13.4. The lowest BCUT2D eigenvalue weighted by Gasteiger charge is -2.32. The molecule has 0 bridgehead atoms. The molecule has 1 N–H and O–H groups in total. The van der Waals surface area contributed by atoms with Crippen LogP contribution in [0.4, 0.5) is 5.82 Å². The van der Waals surface area contributed by atoms with Crippen LogP contribution in [0.5, 0.6) is 0 Å². The highest BCUT2D eigenvalue weighted by Crippen LogP contribution is 2.35. The minimum absolute atomic E-state index is 0.0678. The third kappa shape index (κ3) is 3.85. The quantitative estimate of drug-likeness (QED) is 0.621. The lowest BCUT2D eigenvalue weighted by molar-refractivity contribution is 0.0909. The topological polar surface area (TPSA) is 81.1 Å². The molecule has 1 aliphatic carbocycles. The average Bonchev–Trinajstić information content (AvgIpc) is 2.69. The number of Topliss-reactive ketones (excluding diaryl/α,β-unsaturated/α-hetero) is 1. The van der Waals surface area contributed by atoms with Gasteiger partial charge in [-0.2, -0.15) is 0 Å². The molecule has 1 aliphatic rings. The first-order valence-electron chi connectivity index (χ1n) is 9.56. The summed E-state index contributed by atoms with van der Waals surface area (Å²) in [6, 6.07) is 13.9. The van der Waals surface area contributed by atoms with Gasteiger partial charge in [0.1, 0.15) is 11.4 Å². The van der Waals surface area contributed by atoms with E-state index in [0.717, 1.165) is 4.47 Å². The second kappa shape index (κ2) is 7.65. The monoisotopic (exact) mass is 465 g/mol. The number of carbonyl (C=O) groups excluding carboxylic acids is 2. The molecule has 0 saturated carbocycles. The summed E-state index contributed by atoms with van der Waals surface area (Å²) in [5, 5.41) is 2.65. The number of nitrogens with one attached hydrogen (secondary N) is 1. The first-order valence-corrected chi connectivity index (χ1v) is 10.3. The smallest absolute Gasteiger partial charge is 0.268 e. The molecule has 3 aromatic rings. The van der Waals surface area contributed by atoms with Gasteiger partial charge in [-0.15, -0.1) is 0 Å². The summed E-state index contributed by atoms with van der Waals surface area (Å²) in [5.41, 5.74) is 0.881. The Bertz CT molecular complexity index is 1200. The number of hydrogen-bond donors (Lipinski definition) is 1. The minimum atomic E-state index is -0.597. The average molecular weight is 466 g/mol. The number of fused-ring (bicyclic) bond motifs is 1. The van der Waals surface area contributed by atoms with Crippen LogP contribution in [0, 0.1) is 5.41 Å². The summed E-state index contributed by atoms with van der Waals surface area (Å²) in [5.74, 6) is -0.347. The fourth-order valence-corrected chi connectivity index (χ4v) is 4.00. The van der Waals surface area contributed by atoms with E-state index in [4.69, 9.17) is 0 Å². The molecule has 2 aromatic heterocycles. The van der Waals surface area contributed by atoms with Crippen molar-refractivity contribution < 1.29 is 9.59 Å². The van der Waals surface area contributed by atoms with Crippen LogP contribution in [0.2, 0.25) is 0 Å². The van der Waals surface area contributed by atoms with Crippen LogP contribution in [0.3, 0.4) is 0 Å². The number of ketones is 1. The van der Waals surface area contributed by atoms with Gasteiger partial charge in [0.15, 0.2) is 5.78 Å². The van der Waals surface area contributed by atoms with E-state index in [-0.39, 0.29) is 16.8 Å². The number of aromatic nitrogens is 2. The molecule has 30 heavy (non-hydrogen) atoms. The second-order valence-corrected chi connectivity index (χ2v) is 9.07. The molecule has 0 radical (unpaired) electrons. The molecule has 7 heteroatoms. The van der Waals surface area contributed by atoms with Gasteiger partial charge in [-0.3, -0.25) is 19.0 Å². The van der Waals surface area contributed by atoms with E-state index in [2.05, 4.69) is 26.2 Å². The standard InChI is InChI=1S/C23H20BrN3O3/c1-23(2)11-18-16(19(28)12-23)10-17(21(29)26-20-9-8-14(24)13-25-20)22(30)27(18)15-6-4-3-5-7-15/h3-10,13H,11-12H2,1-2H3,(H,25,26,29). The molecule has 4 rings (SSSR count). The van der Waals surface area contributed by atoms with Crippen molar-refractivity contribution in [3.05, 3.63) is 86.4 Å². The Morgan fingerprint density at radius 1 is 1.10 bits per heavy atom. The molecule has 0 saturated heterocycles. The maximum Gasteiger partial charge on any atom is 0.268 e. The van der Waals surface area contributed by atoms with Crippen molar-refractivity contribution in [1.29, 1.82) is 0 Å². The Kier molecular flexibility index (Phi) is 5.15. The Morgan fingerprint density at radius 2 is 1.83 bits per heavy atom. The lowest BCUT2D eigenvalue weighted by atomic mass is 9.75. The lowest BCUT2D eigenvalue weighted by Crippen LogP contribution is -2.37. The highest BCUT2D eigenvalue weighted by molar-refractivity contribution is 9.10. The van der Waals surface area contributed by atoms with E-state index in [1.54, 1.807) is 30.5 Å². The number of halogens is 1. The number of para-hydroxylation sites is 1. The van der Waals surface area contributed by atoms with E-state index >= 15 is 0 Å². The number of amides is 1. The van der Waals surface area contributed by atoms with Crippen LogP contribution in [0.15, 0.2) is 64.0 Å². The van der Waals surface area contributed by atoms with Crippen molar-refractivity contribution in [1.82, 2.24) is 9.55 Å². The largest absolute Gasteiger partial charge is 0.306 e. The molecular weight excluding hydrogens is 446 g/mol. The van der Waals surface area contributed by atoms with Gasteiger partial charge in [-0.25, -0.2) is 4.98 Å². The number of nitrogens with zero attached hydrogens (tertiary/aromatic N) is 2. The van der Waals surface area contributed by atoms with Crippen molar-refractivity contribution in [2.75, 3.05) is 5.32 Å². The zero-order valence-corrected chi connectivity index (χ0v) is 18.2. The highest BCUT2D eigenvalue weighted by atomic mass is 79.9. The predicted octanol–water partition coefficient (Wildman–Crippen LogP) is 4.40. The number of pyridine rings is 2. The van der Waals surface area contributed by atoms with Crippen LogP contribution in [0.25, 0.3) is 5.69 Å². The summed E-state index contributed by atoms with van der Waals surface area (Å²) in [7, 11) is 0. The van der Waals surface area contributed by atoms with Crippen molar-refractivity contribution in [3.8, 4) is 5.69 Å². The molecule has 0 atom stereocenters. The van der Waals surface area contributed by atoms with E-state index in [1.807, 2.05) is 32.0 Å². The zero-order chi connectivity index (χ0) is 21.5. The van der Waals surface area contributed by atoms with Crippen molar-refractivity contribution in [3.63, 3.8) is 0 Å². The summed E-state index contributed by atoms with van der Waals surface area (Å²) in [6.07, 6.45) is 2.48. The SMILES string of the molecule is CC1(C)CC(=O)c2cc(C(=O)Nc3ccc(Br)cn3)c(=O)n(-c3ccccc3)c2C1. The molecule has 152 valence electrons. The van der Waals surface area contributed by atoms with Crippen LogP contribution in [0.1, 0.15) is 46.7 Å². The number of benzene rings is 1. The summed E-state index contributed by atoms with van der Waals surface area (Å²) >= 11 is 3.29. The van der Waals surface area contributed by atoms with Crippen LogP contribution in [-0.2, 0) is 6.42 Å². The molecule has 0 spiro atoms. The molecule has 6 nitrogen and oxygen atoms in total. The predicted molar refractivity (Wildman–Crippen MR) is 118 cm³/mol. The molecule has 0 unspecified atom stereocenters. The Labute approximate surface area is 182 Å². The van der Waals surface area contributed by atoms with Crippen LogP contribution in [-0.4, -0.2) is 21.2 Å². The normalized spacial score (nSPS) is 14.8. The molecule has 1 aromatic carbocycles. The Hall–Kier alpha value is -3.06.